The summed E-state index contributed by atoms with van der Waals surface area (Å²) in [7, 11) is 0. The van der Waals surface area contributed by atoms with Crippen molar-refractivity contribution in [1.29, 1.82) is 0 Å². The highest BCUT2D eigenvalue weighted by Gasteiger charge is 2.28. The predicted molar refractivity (Wildman–Crippen MR) is 121 cm³/mol. The number of benzene rings is 1. The Labute approximate surface area is 188 Å². The zero-order valence-corrected chi connectivity index (χ0v) is 18.5. The number of hydrogen-bond donors (Lipinski definition) is 1. The highest BCUT2D eigenvalue weighted by molar-refractivity contribution is 7.20. The van der Waals surface area contributed by atoms with Gasteiger partial charge in [0.2, 0.25) is 0 Å². The van der Waals surface area contributed by atoms with E-state index in [0.29, 0.717) is 22.1 Å². The van der Waals surface area contributed by atoms with E-state index in [2.05, 4.69) is 15.3 Å². The molecule has 1 saturated carbocycles. The van der Waals surface area contributed by atoms with E-state index in [4.69, 9.17) is 9.72 Å². The van der Waals surface area contributed by atoms with Crippen molar-refractivity contribution in [3.05, 3.63) is 76.1 Å². The van der Waals surface area contributed by atoms with Crippen molar-refractivity contribution in [2.45, 2.75) is 39.2 Å². The molecule has 1 fully saturated rings. The molecule has 8 heteroatoms. The van der Waals surface area contributed by atoms with E-state index in [0.717, 1.165) is 40.1 Å². The fourth-order valence-electron chi connectivity index (χ4n) is 3.63. The van der Waals surface area contributed by atoms with Crippen molar-refractivity contribution in [3.8, 4) is 11.5 Å². The van der Waals surface area contributed by atoms with Crippen molar-refractivity contribution < 1.29 is 13.9 Å². The lowest BCUT2D eigenvalue weighted by atomic mass is 10.1. The van der Waals surface area contributed by atoms with Gasteiger partial charge in [-0.25, -0.2) is 14.4 Å². The third kappa shape index (κ3) is 4.05. The summed E-state index contributed by atoms with van der Waals surface area (Å²) >= 11 is 1.38. The number of fused-ring (bicyclic) bond motifs is 1. The fourth-order valence-corrected chi connectivity index (χ4v) is 4.79. The number of carbonyl (C=O) groups excluding carboxylic acids is 1. The lowest BCUT2D eigenvalue weighted by molar-refractivity contribution is 0.0954. The molecule has 1 aliphatic carbocycles. The molecule has 5 rings (SSSR count). The van der Waals surface area contributed by atoms with Gasteiger partial charge in [-0.2, -0.15) is 0 Å². The summed E-state index contributed by atoms with van der Waals surface area (Å²) in [5.41, 5.74) is 2.44. The molecule has 6 nitrogen and oxygen atoms in total. The Bertz CT molecular complexity index is 1320. The molecule has 162 valence electrons. The quantitative estimate of drug-likeness (QED) is 0.425. The maximum Gasteiger partial charge on any atom is 0.261 e. The van der Waals surface area contributed by atoms with Gasteiger partial charge in [0.1, 0.15) is 16.4 Å². The average Bonchev–Trinajstić information content (AvgIpc) is 3.58. The third-order valence-electron chi connectivity index (χ3n) is 5.45. The standard InChI is InChI=1S/C24H21FN4O2S/c1-13-20-14(2)28-22(16-6-7-16)29-24(20)32-21(13)23(30)27-11-15-5-8-19(18(25)10-15)31-17-4-3-9-26-12-17/h3-5,8-10,12,16H,6-7,11H2,1-2H3,(H,27,30). The van der Waals surface area contributed by atoms with Crippen LogP contribution in [-0.2, 0) is 6.54 Å². The number of halogens is 1. The van der Waals surface area contributed by atoms with Crippen molar-refractivity contribution >= 4 is 27.5 Å². The first-order chi connectivity index (χ1) is 15.5. The van der Waals surface area contributed by atoms with Gasteiger partial charge in [0.05, 0.1) is 16.8 Å². The van der Waals surface area contributed by atoms with E-state index < -0.39 is 5.82 Å². The van der Waals surface area contributed by atoms with Crippen LogP contribution in [0.3, 0.4) is 0 Å². The molecule has 1 N–H and O–H groups in total. The number of hydrogen-bond acceptors (Lipinski definition) is 6. The summed E-state index contributed by atoms with van der Waals surface area (Å²) in [6.45, 7) is 4.09. The van der Waals surface area contributed by atoms with Gasteiger partial charge in [-0.3, -0.25) is 9.78 Å². The SMILES string of the molecule is Cc1nc(C2CC2)nc2sc(C(=O)NCc3ccc(Oc4cccnc4)c(F)c3)c(C)c12. The van der Waals surface area contributed by atoms with Crippen molar-refractivity contribution in [2.24, 2.45) is 0 Å². The Morgan fingerprint density at radius 2 is 2.09 bits per heavy atom. The first kappa shape index (κ1) is 20.5. The van der Waals surface area contributed by atoms with E-state index >= 15 is 0 Å². The maximum absolute atomic E-state index is 14.5. The molecule has 3 heterocycles. The van der Waals surface area contributed by atoms with Crippen molar-refractivity contribution in [2.75, 3.05) is 0 Å². The van der Waals surface area contributed by atoms with Gasteiger partial charge >= 0.3 is 0 Å². The van der Waals surface area contributed by atoms with Crippen LogP contribution in [0.1, 0.15) is 51.1 Å². The van der Waals surface area contributed by atoms with Gasteiger partial charge < -0.3 is 10.1 Å². The lowest BCUT2D eigenvalue weighted by Crippen LogP contribution is -2.22. The summed E-state index contributed by atoms with van der Waals surface area (Å²) in [5.74, 6) is 1.20. The van der Waals surface area contributed by atoms with Crippen LogP contribution in [0.5, 0.6) is 11.5 Å². The minimum atomic E-state index is -0.503. The molecule has 0 unspecified atom stereocenters. The molecular formula is C24H21FN4O2S. The van der Waals surface area contributed by atoms with E-state index in [1.807, 2.05) is 13.8 Å². The van der Waals surface area contributed by atoms with Gasteiger partial charge in [-0.1, -0.05) is 6.07 Å². The molecule has 0 atom stereocenters. The topological polar surface area (TPSA) is 77.0 Å². The van der Waals surface area contributed by atoms with Gasteiger partial charge in [-0.05, 0) is 62.1 Å². The van der Waals surface area contributed by atoms with Gasteiger partial charge in [-0.15, -0.1) is 11.3 Å². The Hall–Kier alpha value is -3.39. The molecule has 1 amide bonds. The van der Waals surface area contributed by atoms with Crippen molar-refractivity contribution in [3.63, 3.8) is 0 Å². The molecule has 0 bridgehead atoms. The average molecular weight is 449 g/mol. The van der Waals surface area contributed by atoms with Crippen molar-refractivity contribution in [1.82, 2.24) is 20.3 Å². The van der Waals surface area contributed by atoms with Crippen LogP contribution in [0.4, 0.5) is 4.39 Å². The summed E-state index contributed by atoms with van der Waals surface area (Å²) in [4.78, 5) is 27.6. The third-order valence-corrected chi connectivity index (χ3v) is 6.63. The maximum atomic E-state index is 14.5. The number of rotatable bonds is 6. The van der Waals surface area contributed by atoms with Gasteiger partial charge in [0.15, 0.2) is 11.6 Å². The van der Waals surface area contributed by atoms with E-state index in [1.54, 1.807) is 30.5 Å². The number of carbonyl (C=O) groups is 1. The molecule has 1 aromatic carbocycles. The summed E-state index contributed by atoms with van der Waals surface area (Å²) < 4.78 is 20.0. The normalized spacial score (nSPS) is 13.3. The molecule has 0 radical (unpaired) electrons. The van der Waals surface area contributed by atoms with E-state index in [-0.39, 0.29) is 18.2 Å². The summed E-state index contributed by atoms with van der Waals surface area (Å²) in [6, 6.07) is 8.05. The van der Waals surface area contributed by atoms with Crippen LogP contribution in [0.15, 0.2) is 42.7 Å². The zero-order valence-electron chi connectivity index (χ0n) is 17.7. The Balaban J connectivity index is 1.30. The van der Waals surface area contributed by atoms with Crippen LogP contribution in [0.25, 0.3) is 10.2 Å². The molecule has 1 aliphatic rings. The van der Waals surface area contributed by atoms with Gasteiger partial charge in [0, 0.05) is 24.0 Å². The number of aromatic nitrogens is 3. The van der Waals surface area contributed by atoms with Gasteiger partial charge in [0.25, 0.3) is 5.91 Å². The number of ether oxygens (including phenoxy) is 1. The number of thiophene rings is 1. The molecule has 32 heavy (non-hydrogen) atoms. The predicted octanol–water partition coefficient (Wildman–Crippen LogP) is 5.44. The zero-order chi connectivity index (χ0) is 22.2. The smallest absolute Gasteiger partial charge is 0.261 e. The second-order valence-electron chi connectivity index (χ2n) is 7.92. The van der Waals surface area contributed by atoms with Crippen LogP contribution < -0.4 is 10.1 Å². The highest BCUT2D eigenvalue weighted by atomic mass is 32.1. The Kier molecular flexibility index (Phi) is 5.30. The largest absolute Gasteiger partial charge is 0.453 e. The first-order valence-electron chi connectivity index (χ1n) is 10.4. The minimum absolute atomic E-state index is 0.106. The van der Waals surface area contributed by atoms with Crippen LogP contribution >= 0.6 is 11.3 Å². The number of aryl methyl sites for hydroxylation is 2. The lowest BCUT2D eigenvalue weighted by Gasteiger charge is -2.09. The second-order valence-corrected chi connectivity index (χ2v) is 8.92. The van der Waals surface area contributed by atoms with E-state index in [9.17, 15) is 9.18 Å². The number of amides is 1. The molecule has 4 aromatic rings. The minimum Gasteiger partial charge on any atom is -0.453 e. The first-order valence-corrected chi connectivity index (χ1v) is 11.2. The number of pyridine rings is 1. The Morgan fingerprint density at radius 1 is 1.25 bits per heavy atom. The monoisotopic (exact) mass is 448 g/mol. The van der Waals surface area contributed by atoms with Crippen LogP contribution in [0, 0.1) is 19.7 Å². The second kappa shape index (κ2) is 8.27. The summed E-state index contributed by atoms with van der Waals surface area (Å²) in [6.07, 6.45) is 5.39. The van der Waals surface area contributed by atoms with E-state index in [1.165, 1.54) is 23.6 Å². The highest BCUT2D eigenvalue weighted by Crippen LogP contribution is 2.40. The summed E-state index contributed by atoms with van der Waals surface area (Å²) in [5, 5.41) is 3.84. The molecule has 0 saturated heterocycles. The number of nitrogens with zero attached hydrogens (tertiary/aromatic N) is 3. The molecule has 0 spiro atoms. The Morgan fingerprint density at radius 3 is 2.81 bits per heavy atom. The molecule has 3 aromatic heterocycles. The fraction of sp³-hybridized carbons (Fsp3) is 0.250. The van der Waals surface area contributed by atoms with Crippen LogP contribution in [-0.4, -0.2) is 20.9 Å². The molecule has 0 aliphatic heterocycles. The molecular weight excluding hydrogens is 427 g/mol. The van der Waals surface area contributed by atoms with Crippen LogP contribution in [0.2, 0.25) is 0 Å². The number of nitrogens with one attached hydrogen (secondary N) is 1.